The maximum atomic E-state index is 13.5. The first-order chi connectivity index (χ1) is 20.3. The van der Waals surface area contributed by atoms with Crippen LogP contribution in [0.3, 0.4) is 0 Å². The number of aryl methyl sites for hydroxylation is 1. The number of rotatable bonds is 10. The van der Waals surface area contributed by atoms with Gasteiger partial charge in [0.25, 0.3) is 16.8 Å². The van der Waals surface area contributed by atoms with Gasteiger partial charge in [0.15, 0.2) is 5.69 Å². The number of amides is 1. The summed E-state index contributed by atoms with van der Waals surface area (Å²) in [6, 6.07) is 12.1. The monoisotopic (exact) mass is 624 g/mol. The van der Waals surface area contributed by atoms with E-state index in [0.717, 1.165) is 28.4 Å². The van der Waals surface area contributed by atoms with Crippen molar-refractivity contribution in [3.63, 3.8) is 0 Å². The zero-order valence-electron chi connectivity index (χ0n) is 22.9. The SMILES string of the molecule is CC(=O)OCON=NN1CCC[C@H]1COC(=O)NS(=O)(=O)c1ccc(-n2nc(C(F)(F)F)cc2-c2ccc(C)cc2)cc1. The first-order valence-corrected chi connectivity index (χ1v) is 14.3. The number of hydrogen-bond donors (Lipinski definition) is 1. The summed E-state index contributed by atoms with van der Waals surface area (Å²) in [5.74, 6) is -0.552. The summed E-state index contributed by atoms with van der Waals surface area (Å²) in [5, 5.41) is 12.4. The summed E-state index contributed by atoms with van der Waals surface area (Å²) in [6.45, 7) is 2.90. The third kappa shape index (κ3) is 8.21. The van der Waals surface area contributed by atoms with Crippen LogP contribution in [0.5, 0.6) is 0 Å². The highest BCUT2D eigenvalue weighted by Crippen LogP contribution is 2.33. The van der Waals surface area contributed by atoms with E-state index < -0.39 is 46.8 Å². The van der Waals surface area contributed by atoms with E-state index in [1.54, 1.807) is 29.0 Å². The van der Waals surface area contributed by atoms with Crippen LogP contribution in [-0.2, 0) is 35.3 Å². The van der Waals surface area contributed by atoms with E-state index in [1.165, 1.54) is 24.1 Å². The number of hydrogen-bond acceptors (Lipinski definition) is 10. The fraction of sp³-hybridized carbons (Fsp3) is 0.346. The number of aromatic nitrogens is 2. The molecule has 2 heterocycles. The molecule has 0 aliphatic carbocycles. The van der Waals surface area contributed by atoms with Gasteiger partial charge in [-0.05, 0) is 55.3 Å². The zero-order chi connectivity index (χ0) is 31.2. The van der Waals surface area contributed by atoms with E-state index in [4.69, 9.17) is 9.57 Å². The molecule has 1 saturated heterocycles. The minimum atomic E-state index is -4.70. The highest BCUT2D eigenvalue weighted by atomic mass is 32.2. The second-order valence-electron chi connectivity index (χ2n) is 9.40. The normalized spacial score (nSPS) is 15.5. The molecule has 43 heavy (non-hydrogen) atoms. The molecule has 1 aliphatic rings. The Kier molecular flexibility index (Phi) is 9.53. The Bertz CT molecular complexity index is 1580. The van der Waals surface area contributed by atoms with Gasteiger partial charge in [-0.15, -0.1) is 0 Å². The Balaban J connectivity index is 1.40. The number of sulfonamides is 1. The van der Waals surface area contributed by atoms with Gasteiger partial charge < -0.3 is 14.3 Å². The van der Waals surface area contributed by atoms with Gasteiger partial charge in [-0.2, -0.15) is 18.3 Å². The van der Waals surface area contributed by atoms with E-state index in [0.29, 0.717) is 24.9 Å². The van der Waals surface area contributed by atoms with Crippen LogP contribution in [0.2, 0.25) is 0 Å². The predicted molar refractivity (Wildman–Crippen MR) is 143 cm³/mol. The zero-order valence-corrected chi connectivity index (χ0v) is 23.8. The van der Waals surface area contributed by atoms with Crippen LogP contribution in [0.1, 0.15) is 31.0 Å². The van der Waals surface area contributed by atoms with Crippen LogP contribution in [0.4, 0.5) is 18.0 Å². The number of halogens is 3. The lowest BCUT2D eigenvalue weighted by molar-refractivity contribution is -0.154. The second-order valence-corrected chi connectivity index (χ2v) is 11.1. The Labute approximate surface area is 244 Å². The van der Waals surface area contributed by atoms with Crippen LogP contribution < -0.4 is 4.72 Å². The summed E-state index contributed by atoms with van der Waals surface area (Å²) < 4.78 is 78.5. The molecule has 1 amide bonds. The number of nitrogens with zero attached hydrogens (tertiary/aromatic N) is 5. The molecule has 0 radical (unpaired) electrons. The molecule has 1 aliphatic heterocycles. The number of benzene rings is 2. The smallest absolute Gasteiger partial charge is 0.435 e. The third-order valence-electron chi connectivity index (χ3n) is 6.23. The molecular weight excluding hydrogens is 597 g/mol. The third-order valence-corrected chi connectivity index (χ3v) is 7.56. The van der Waals surface area contributed by atoms with Crippen molar-refractivity contribution in [2.45, 2.75) is 43.8 Å². The molecule has 1 aromatic heterocycles. The van der Waals surface area contributed by atoms with E-state index >= 15 is 0 Å². The van der Waals surface area contributed by atoms with Crippen LogP contribution in [0, 0.1) is 6.92 Å². The van der Waals surface area contributed by atoms with Gasteiger partial charge in [-0.3, -0.25) is 9.80 Å². The highest BCUT2D eigenvalue weighted by Gasteiger charge is 2.35. The molecule has 17 heteroatoms. The Hall–Kier alpha value is -4.67. The van der Waals surface area contributed by atoms with Crippen molar-refractivity contribution in [3.8, 4) is 16.9 Å². The fourth-order valence-corrected chi connectivity index (χ4v) is 4.99. The van der Waals surface area contributed by atoms with Gasteiger partial charge in [0.05, 0.1) is 22.3 Å². The molecule has 2 aromatic carbocycles. The van der Waals surface area contributed by atoms with Gasteiger partial charge in [0.1, 0.15) is 6.61 Å². The second kappa shape index (κ2) is 13.1. The van der Waals surface area contributed by atoms with Crippen LogP contribution in [0.15, 0.2) is 70.0 Å². The van der Waals surface area contributed by atoms with Gasteiger partial charge in [-0.1, -0.05) is 29.8 Å². The quantitative estimate of drug-likeness (QED) is 0.112. The Morgan fingerprint density at radius 2 is 1.79 bits per heavy atom. The first-order valence-electron chi connectivity index (χ1n) is 12.8. The number of carbonyl (C=O) groups excluding carboxylic acids is 2. The van der Waals surface area contributed by atoms with Gasteiger partial charge in [-0.25, -0.2) is 22.6 Å². The lowest BCUT2D eigenvalue weighted by atomic mass is 10.1. The molecule has 0 saturated carbocycles. The van der Waals surface area contributed by atoms with Gasteiger partial charge in [0, 0.05) is 24.3 Å². The molecule has 1 atom stereocenters. The lowest BCUT2D eigenvalue weighted by Crippen LogP contribution is -2.35. The summed E-state index contributed by atoms with van der Waals surface area (Å²) in [4.78, 5) is 27.4. The van der Waals surface area contributed by atoms with Gasteiger partial charge >= 0.3 is 18.2 Å². The van der Waals surface area contributed by atoms with Crippen molar-refractivity contribution in [1.82, 2.24) is 19.5 Å². The number of alkyl halides is 3. The van der Waals surface area contributed by atoms with Crippen molar-refractivity contribution in [2.24, 2.45) is 10.5 Å². The summed E-state index contributed by atoms with van der Waals surface area (Å²) in [6.07, 6.45) is -4.65. The maximum Gasteiger partial charge on any atom is 0.435 e. The summed E-state index contributed by atoms with van der Waals surface area (Å²) in [5.41, 5.74) is 0.605. The molecular formula is C26H27F3N6O7S. The topological polar surface area (TPSA) is 154 Å². The molecule has 13 nitrogen and oxygen atoms in total. The average Bonchev–Trinajstić information content (AvgIpc) is 3.59. The number of carbonyl (C=O) groups is 2. The number of esters is 1. The lowest BCUT2D eigenvalue weighted by Gasteiger charge is -2.19. The molecule has 230 valence electrons. The standard InChI is InChI=1S/C26H27F3N6O7S/c1-17-5-7-19(8-6-17)23-14-24(26(27,28)29)30-35(23)20-9-11-22(12-10-20)43(38,39)31-25(37)40-15-21-4-3-13-34(21)32-33-42-16-41-18(2)36/h5-12,14,21H,3-4,13,15-16H2,1-2H3,(H,31,37)/t21-/m0/s1. The number of ether oxygens (including phenoxy) is 2. The van der Waals surface area contributed by atoms with Crippen LogP contribution >= 0.6 is 0 Å². The van der Waals surface area contributed by atoms with Crippen molar-refractivity contribution in [3.05, 3.63) is 65.9 Å². The molecule has 0 bridgehead atoms. The van der Waals surface area contributed by atoms with Crippen molar-refractivity contribution in [1.29, 1.82) is 0 Å². The van der Waals surface area contributed by atoms with Crippen LogP contribution in [0.25, 0.3) is 16.9 Å². The summed E-state index contributed by atoms with van der Waals surface area (Å²) in [7, 11) is -4.38. The maximum absolute atomic E-state index is 13.5. The van der Waals surface area contributed by atoms with Gasteiger partial charge in [0.2, 0.25) is 0 Å². The molecule has 1 fully saturated rings. The van der Waals surface area contributed by atoms with Crippen molar-refractivity contribution >= 4 is 22.1 Å². The van der Waals surface area contributed by atoms with E-state index in [9.17, 15) is 31.2 Å². The first kappa shape index (κ1) is 31.3. The molecule has 3 aromatic rings. The van der Waals surface area contributed by atoms with Crippen LogP contribution in [-0.4, -0.2) is 61.3 Å². The molecule has 0 spiro atoms. The minimum absolute atomic E-state index is 0.154. The summed E-state index contributed by atoms with van der Waals surface area (Å²) >= 11 is 0. The molecule has 1 N–H and O–H groups in total. The Morgan fingerprint density at radius 3 is 2.44 bits per heavy atom. The van der Waals surface area contributed by atoms with E-state index in [2.05, 4.69) is 20.3 Å². The average molecular weight is 625 g/mol. The van der Waals surface area contributed by atoms with Crippen molar-refractivity contribution < 1.29 is 45.5 Å². The fourth-order valence-electron chi connectivity index (χ4n) is 4.10. The van der Waals surface area contributed by atoms with E-state index in [1.807, 2.05) is 6.92 Å². The highest BCUT2D eigenvalue weighted by molar-refractivity contribution is 7.90. The number of nitrogens with one attached hydrogen (secondary N) is 1. The van der Waals surface area contributed by atoms with Crippen molar-refractivity contribution in [2.75, 3.05) is 19.9 Å². The largest absolute Gasteiger partial charge is 0.447 e. The van der Waals surface area contributed by atoms with E-state index in [-0.39, 0.29) is 22.9 Å². The molecule has 4 rings (SSSR count). The minimum Gasteiger partial charge on any atom is -0.447 e. The Morgan fingerprint density at radius 1 is 1.09 bits per heavy atom. The predicted octanol–water partition coefficient (Wildman–Crippen LogP) is 4.57. The molecule has 0 unspecified atom stereocenters.